The number of benzene rings is 1. The number of hydrazone groups is 1. The van der Waals surface area contributed by atoms with Crippen molar-refractivity contribution < 1.29 is 13.9 Å². The first kappa shape index (κ1) is 18.0. The highest BCUT2D eigenvalue weighted by Gasteiger charge is 2.36. The first-order valence-electron chi connectivity index (χ1n) is 9.04. The highest BCUT2D eigenvalue weighted by atomic mass is 19.1. The summed E-state index contributed by atoms with van der Waals surface area (Å²) in [7, 11) is 0. The molecule has 1 saturated heterocycles. The van der Waals surface area contributed by atoms with Gasteiger partial charge in [-0.25, -0.2) is 9.18 Å². The van der Waals surface area contributed by atoms with Crippen molar-refractivity contribution in [3.8, 4) is 11.8 Å². The number of aromatic nitrogens is 1. The third-order valence-electron chi connectivity index (χ3n) is 4.58. The van der Waals surface area contributed by atoms with Crippen LogP contribution in [0.4, 0.5) is 9.18 Å². The van der Waals surface area contributed by atoms with Gasteiger partial charge >= 0.3 is 6.09 Å². The Balaban J connectivity index is 1.53. The molecule has 1 unspecified atom stereocenters. The fourth-order valence-corrected chi connectivity index (χ4v) is 3.29. The SMILES string of the molecule is CC1C=NN(CC#Cc2cncc([C@H]3NC(=O)O[C@@H]3c3cccc(F)c3)c2)C1. The van der Waals surface area contributed by atoms with Gasteiger partial charge in [-0.05, 0) is 29.3 Å². The van der Waals surface area contributed by atoms with Gasteiger partial charge in [-0.1, -0.05) is 30.9 Å². The van der Waals surface area contributed by atoms with Gasteiger partial charge in [-0.2, -0.15) is 5.10 Å². The predicted octanol–water partition coefficient (Wildman–Crippen LogP) is 3.03. The maximum absolute atomic E-state index is 13.6. The molecule has 4 rings (SSSR count). The molecular weight excluding hydrogens is 359 g/mol. The van der Waals surface area contributed by atoms with Gasteiger partial charge in [0.05, 0.1) is 6.54 Å². The summed E-state index contributed by atoms with van der Waals surface area (Å²) in [5.74, 6) is 6.24. The number of nitrogens with one attached hydrogen (secondary N) is 1. The molecular formula is C21H19FN4O2. The summed E-state index contributed by atoms with van der Waals surface area (Å²) in [4.78, 5) is 16.1. The van der Waals surface area contributed by atoms with Crippen LogP contribution in [-0.2, 0) is 4.74 Å². The van der Waals surface area contributed by atoms with E-state index in [-0.39, 0.29) is 5.82 Å². The summed E-state index contributed by atoms with van der Waals surface area (Å²) >= 11 is 0. The van der Waals surface area contributed by atoms with Crippen LogP contribution in [0.5, 0.6) is 0 Å². The molecule has 3 heterocycles. The van der Waals surface area contributed by atoms with Crippen LogP contribution in [0.2, 0.25) is 0 Å². The summed E-state index contributed by atoms with van der Waals surface area (Å²) in [5, 5.41) is 8.97. The molecule has 0 spiro atoms. The third-order valence-corrected chi connectivity index (χ3v) is 4.58. The predicted molar refractivity (Wildman–Crippen MR) is 102 cm³/mol. The van der Waals surface area contributed by atoms with Crippen molar-refractivity contribution in [3.63, 3.8) is 0 Å². The topological polar surface area (TPSA) is 66.8 Å². The van der Waals surface area contributed by atoms with E-state index in [9.17, 15) is 9.18 Å². The number of alkyl carbamates (subject to hydrolysis) is 1. The second kappa shape index (κ2) is 7.69. The second-order valence-corrected chi connectivity index (χ2v) is 6.90. The zero-order chi connectivity index (χ0) is 19.5. The number of pyridine rings is 1. The Hall–Kier alpha value is -3.40. The maximum atomic E-state index is 13.6. The first-order chi connectivity index (χ1) is 13.6. The van der Waals surface area contributed by atoms with E-state index in [1.165, 1.54) is 12.1 Å². The minimum absolute atomic E-state index is 0.379. The normalized spacial score (nSPS) is 23.1. The van der Waals surface area contributed by atoms with Crippen molar-refractivity contribution in [3.05, 3.63) is 65.2 Å². The van der Waals surface area contributed by atoms with Crippen molar-refractivity contribution in [2.45, 2.75) is 19.1 Å². The van der Waals surface area contributed by atoms with Gasteiger partial charge in [0, 0.05) is 36.6 Å². The third kappa shape index (κ3) is 3.96. The molecule has 2 aliphatic heterocycles. The lowest BCUT2D eigenvalue weighted by atomic mass is 9.97. The van der Waals surface area contributed by atoms with Crippen LogP contribution in [-0.4, -0.2) is 35.4 Å². The van der Waals surface area contributed by atoms with Gasteiger partial charge in [0.2, 0.25) is 0 Å². The van der Waals surface area contributed by atoms with Gasteiger partial charge in [0.1, 0.15) is 11.9 Å². The maximum Gasteiger partial charge on any atom is 0.408 e. The lowest BCUT2D eigenvalue weighted by Crippen LogP contribution is -2.20. The Morgan fingerprint density at radius 1 is 1.32 bits per heavy atom. The number of ether oxygens (including phenoxy) is 1. The summed E-state index contributed by atoms with van der Waals surface area (Å²) in [6, 6.07) is 7.44. The van der Waals surface area contributed by atoms with Crippen LogP contribution in [0.3, 0.4) is 0 Å². The molecule has 28 heavy (non-hydrogen) atoms. The molecule has 1 aromatic heterocycles. The summed E-state index contributed by atoms with van der Waals surface area (Å²) in [5.41, 5.74) is 2.06. The van der Waals surface area contributed by atoms with Gasteiger partial charge in [0.25, 0.3) is 0 Å². The van der Waals surface area contributed by atoms with Crippen molar-refractivity contribution in [2.75, 3.05) is 13.1 Å². The first-order valence-corrected chi connectivity index (χ1v) is 9.04. The number of hydrogen-bond donors (Lipinski definition) is 1. The molecule has 1 aromatic carbocycles. The Morgan fingerprint density at radius 3 is 3.00 bits per heavy atom. The van der Waals surface area contributed by atoms with E-state index in [1.54, 1.807) is 24.5 Å². The number of halogens is 1. The highest BCUT2D eigenvalue weighted by Crippen LogP contribution is 2.36. The van der Waals surface area contributed by atoms with E-state index in [2.05, 4.69) is 34.2 Å². The zero-order valence-electron chi connectivity index (χ0n) is 15.3. The number of nitrogens with zero attached hydrogens (tertiary/aromatic N) is 3. The summed E-state index contributed by atoms with van der Waals surface area (Å²) in [6.07, 6.45) is 4.06. The summed E-state index contributed by atoms with van der Waals surface area (Å²) < 4.78 is 19.0. The zero-order valence-corrected chi connectivity index (χ0v) is 15.3. The molecule has 2 aliphatic rings. The minimum atomic E-state index is -0.631. The number of carbonyl (C=O) groups excluding carboxylic acids is 1. The van der Waals surface area contributed by atoms with E-state index in [0.29, 0.717) is 18.0 Å². The molecule has 0 radical (unpaired) electrons. The van der Waals surface area contributed by atoms with Crippen LogP contribution >= 0.6 is 0 Å². The van der Waals surface area contributed by atoms with Crippen LogP contribution in [0.15, 0.2) is 47.8 Å². The van der Waals surface area contributed by atoms with Gasteiger partial charge in [-0.15, -0.1) is 0 Å². The molecule has 7 heteroatoms. The minimum Gasteiger partial charge on any atom is -0.439 e. The van der Waals surface area contributed by atoms with Crippen molar-refractivity contribution in [1.82, 2.24) is 15.3 Å². The van der Waals surface area contributed by atoms with Crippen molar-refractivity contribution in [2.24, 2.45) is 11.0 Å². The van der Waals surface area contributed by atoms with Gasteiger partial charge in [0.15, 0.2) is 6.10 Å². The second-order valence-electron chi connectivity index (χ2n) is 6.90. The smallest absolute Gasteiger partial charge is 0.408 e. The number of carbonyl (C=O) groups is 1. The number of cyclic esters (lactones) is 1. The quantitative estimate of drug-likeness (QED) is 0.834. The van der Waals surface area contributed by atoms with Crippen LogP contribution in [0.1, 0.15) is 35.8 Å². The molecule has 0 bridgehead atoms. The number of amides is 1. The number of rotatable bonds is 3. The van der Waals surface area contributed by atoms with E-state index in [1.807, 2.05) is 17.3 Å². The van der Waals surface area contributed by atoms with E-state index >= 15 is 0 Å². The average molecular weight is 378 g/mol. The average Bonchev–Trinajstić information content (AvgIpc) is 3.27. The van der Waals surface area contributed by atoms with E-state index in [0.717, 1.165) is 17.7 Å². The fourth-order valence-electron chi connectivity index (χ4n) is 3.29. The largest absolute Gasteiger partial charge is 0.439 e. The van der Waals surface area contributed by atoms with Crippen LogP contribution in [0.25, 0.3) is 0 Å². The fraction of sp³-hybridized carbons (Fsp3) is 0.286. The standard InChI is InChI=1S/C21H19FN4O2/c1-14-10-24-26(13-14)7-3-4-15-8-17(12-23-11-15)19-20(28-21(27)25-19)16-5-2-6-18(22)9-16/h2,5-6,8-12,14,19-20H,7,13H2,1H3,(H,25,27)/t14?,19-,20-/m1/s1. The molecule has 0 aliphatic carbocycles. The molecule has 142 valence electrons. The van der Waals surface area contributed by atoms with E-state index in [4.69, 9.17) is 4.74 Å². The van der Waals surface area contributed by atoms with Gasteiger partial charge in [-0.3, -0.25) is 9.99 Å². The highest BCUT2D eigenvalue weighted by molar-refractivity contribution is 5.71. The molecule has 1 N–H and O–H groups in total. The molecule has 1 fully saturated rings. The molecule has 6 nitrogen and oxygen atoms in total. The summed E-state index contributed by atoms with van der Waals surface area (Å²) in [6.45, 7) is 3.52. The molecule has 3 atom stereocenters. The van der Waals surface area contributed by atoms with Crippen LogP contribution in [0, 0.1) is 23.6 Å². The Bertz CT molecular complexity index is 982. The van der Waals surface area contributed by atoms with Crippen molar-refractivity contribution >= 4 is 12.3 Å². The Morgan fingerprint density at radius 2 is 2.21 bits per heavy atom. The van der Waals surface area contributed by atoms with Crippen molar-refractivity contribution in [1.29, 1.82) is 0 Å². The lowest BCUT2D eigenvalue weighted by Gasteiger charge is -2.17. The molecule has 0 saturated carbocycles. The Labute approximate surface area is 162 Å². The Kier molecular flexibility index (Phi) is 4.94. The molecule has 1 amide bonds. The van der Waals surface area contributed by atoms with Gasteiger partial charge < -0.3 is 10.1 Å². The van der Waals surface area contributed by atoms with Crippen LogP contribution < -0.4 is 5.32 Å². The lowest BCUT2D eigenvalue weighted by molar-refractivity contribution is 0.132. The van der Waals surface area contributed by atoms with E-state index < -0.39 is 18.2 Å². The molecule has 2 aromatic rings. The monoisotopic (exact) mass is 378 g/mol. The number of hydrogen-bond acceptors (Lipinski definition) is 5.